The summed E-state index contributed by atoms with van der Waals surface area (Å²) in [5.74, 6) is 1.59. The van der Waals surface area contributed by atoms with Gasteiger partial charge in [-0.15, -0.1) is 11.3 Å². The fourth-order valence-corrected chi connectivity index (χ4v) is 10.0. The van der Waals surface area contributed by atoms with Crippen molar-refractivity contribution in [3.05, 3.63) is 77.1 Å². The van der Waals surface area contributed by atoms with Crippen LogP contribution < -0.4 is 25.6 Å². The molecule has 2 fully saturated rings. The van der Waals surface area contributed by atoms with E-state index in [4.69, 9.17) is 23.9 Å². The SMILES string of the molecule is Cc1ncsc1-c1ccc(CNC(=O)[C@@H]2C[C@@H](O)CN2C(=O)[C@@H](NC(=O)COCCCOCCCCOCCCOc2ccc(Nc3ncc4c(n3)N(CCCN(C)C(=O)C3CCC3)CC4)cc2)C(C)(C)C)cc1. The van der Waals surface area contributed by atoms with E-state index in [1.165, 1.54) is 11.3 Å². The lowest BCUT2D eigenvalue weighted by Crippen LogP contribution is -2.58. The number of amides is 4. The van der Waals surface area contributed by atoms with Gasteiger partial charge in [0.05, 0.1) is 28.8 Å². The number of fused-ring (bicyclic) bond motifs is 1. The Hall–Kier alpha value is -5.73. The maximum Gasteiger partial charge on any atom is 0.246 e. The van der Waals surface area contributed by atoms with E-state index < -0.39 is 35.4 Å². The molecule has 2 aliphatic heterocycles. The molecule has 1 aliphatic carbocycles. The standard InChI is InChI=1S/C55H77N9O9S/c1-38-48(74-37-58-38)40-16-14-39(15-17-40)33-56-51(67)46-32-44(65)35-64(46)53(69)49(55(2,3)4)60-47(66)36-72-30-10-28-70-26-6-7-27-71-29-11-31-73-45-20-18-43(19-21-45)59-54-57-34-42-22-25-63(50(42)61-54)24-9-23-62(5)52(68)41-12-8-13-41/h14-21,34,37,41,44,46,49,65H,6-13,22-33,35-36H2,1-5H3,(H,56,67)(H,60,66)(H,57,59,61)/t44-,46+,49-/m1/s1. The van der Waals surface area contributed by atoms with Crippen molar-refractivity contribution in [3.8, 4) is 16.2 Å². The molecule has 4 N–H and O–H groups in total. The van der Waals surface area contributed by atoms with Gasteiger partial charge in [0, 0.05) is 109 Å². The average Bonchev–Trinajstić information content (AvgIpc) is 4.11. The van der Waals surface area contributed by atoms with Crippen LogP contribution in [0.2, 0.25) is 0 Å². The molecule has 0 spiro atoms. The molecule has 4 heterocycles. The van der Waals surface area contributed by atoms with Crippen LogP contribution in [0.4, 0.5) is 17.5 Å². The number of aliphatic hydroxyl groups excluding tert-OH is 1. The molecule has 0 bridgehead atoms. The number of hydrogen-bond acceptors (Lipinski definition) is 15. The van der Waals surface area contributed by atoms with E-state index in [9.17, 15) is 24.3 Å². The molecule has 0 unspecified atom stereocenters. The number of carbonyl (C=O) groups is 4. The first-order valence-electron chi connectivity index (χ1n) is 26.4. The molecule has 3 atom stereocenters. The zero-order valence-electron chi connectivity index (χ0n) is 43.9. The summed E-state index contributed by atoms with van der Waals surface area (Å²) in [5, 5.41) is 19.6. The second-order valence-electron chi connectivity index (χ2n) is 20.7. The molecule has 18 nitrogen and oxygen atoms in total. The molecule has 2 aromatic carbocycles. The van der Waals surface area contributed by atoms with Crippen molar-refractivity contribution in [2.75, 3.05) is 89.7 Å². The maximum atomic E-state index is 13.9. The number of aromatic nitrogens is 3. The summed E-state index contributed by atoms with van der Waals surface area (Å²) in [6.45, 7) is 13.3. The molecule has 74 heavy (non-hydrogen) atoms. The van der Waals surface area contributed by atoms with Gasteiger partial charge < -0.3 is 54.7 Å². The summed E-state index contributed by atoms with van der Waals surface area (Å²) < 4.78 is 23.1. The lowest BCUT2D eigenvalue weighted by atomic mass is 9.84. The van der Waals surface area contributed by atoms with Crippen molar-refractivity contribution in [1.29, 1.82) is 0 Å². The first-order valence-corrected chi connectivity index (χ1v) is 27.3. The van der Waals surface area contributed by atoms with Crippen LogP contribution >= 0.6 is 11.3 Å². The maximum absolute atomic E-state index is 13.9. The molecular weight excluding hydrogens is 963 g/mol. The quantitative estimate of drug-likeness (QED) is 0.0431. The largest absolute Gasteiger partial charge is 0.494 e. The number of aryl methyl sites for hydroxylation is 1. The van der Waals surface area contributed by atoms with Crippen molar-refractivity contribution in [2.45, 2.75) is 117 Å². The van der Waals surface area contributed by atoms with Crippen LogP contribution in [0, 0.1) is 18.3 Å². The molecule has 7 rings (SSSR count). The summed E-state index contributed by atoms with van der Waals surface area (Å²) in [5.41, 5.74) is 6.09. The second-order valence-corrected chi connectivity index (χ2v) is 21.5. The Morgan fingerprint density at radius 2 is 1.59 bits per heavy atom. The minimum Gasteiger partial charge on any atom is -0.494 e. The van der Waals surface area contributed by atoms with E-state index in [2.05, 4.69) is 30.8 Å². The molecule has 2 aromatic heterocycles. The Labute approximate surface area is 440 Å². The van der Waals surface area contributed by atoms with Gasteiger partial charge in [0.2, 0.25) is 29.6 Å². The predicted octanol–water partition coefficient (Wildman–Crippen LogP) is 6.46. The van der Waals surface area contributed by atoms with Gasteiger partial charge in [-0.05, 0) is 92.7 Å². The fraction of sp³-hybridized carbons (Fsp3) is 0.582. The molecule has 3 aliphatic rings. The third kappa shape index (κ3) is 16.4. The van der Waals surface area contributed by atoms with Crippen molar-refractivity contribution in [1.82, 2.24) is 35.4 Å². The van der Waals surface area contributed by atoms with Gasteiger partial charge in [-0.3, -0.25) is 19.2 Å². The normalized spacial score (nSPS) is 16.9. The number of thiazole rings is 1. The van der Waals surface area contributed by atoms with Crippen LogP contribution in [0.5, 0.6) is 5.75 Å². The van der Waals surface area contributed by atoms with Gasteiger partial charge in [-0.2, -0.15) is 4.98 Å². The van der Waals surface area contributed by atoms with Crippen molar-refractivity contribution in [3.63, 3.8) is 0 Å². The number of carbonyl (C=O) groups excluding carboxylic acids is 4. The molecule has 402 valence electrons. The van der Waals surface area contributed by atoms with Gasteiger partial charge >= 0.3 is 0 Å². The monoisotopic (exact) mass is 1040 g/mol. The van der Waals surface area contributed by atoms with Gasteiger partial charge in [0.25, 0.3) is 0 Å². The number of ether oxygens (including phenoxy) is 4. The van der Waals surface area contributed by atoms with E-state index >= 15 is 0 Å². The van der Waals surface area contributed by atoms with Crippen molar-refractivity contribution < 1.29 is 43.2 Å². The lowest BCUT2D eigenvalue weighted by molar-refractivity contribution is -0.144. The van der Waals surface area contributed by atoms with Crippen LogP contribution in [0.25, 0.3) is 10.4 Å². The molecule has 0 radical (unpaired) electrons. The van der Waals surface area contributed by atoms with Crippen LogP contribution in [-0.2, 0) is 46.4 Å². The summed E-state index contributed by atoms with van der Waals surface area (Å²) >= 11 is 1.58. The minimum absolute atomic E-state index is 0.00130. The molecule has 4 aromatic rings. The Bertz CT molecular complexity index is 2430. The number of unbranched alkanes of at least 4 members (excludes halogenated alkanes) is 1. The van der Waals surface area contributed by atoms with Crippen molar-refractivity contribution in [2.24, 2.45) is 11.3 Å². The van der Waals surface area contributed by atoms with Crippen LogP contribution in [0.3, 0.4) is 0 Å². The van der Waals surface area contributed by atoms with Gasteiger partial charge in [-0.25, -0.2) is 9.97 Å². The summed E-state index contributed by atoms with van der Waals surface area (Å²) in [4.78, 5) is 73.3. The van der Waals surface area contributed by atoms with Crippen molar-refractivity contribution >= 4 is 52.4 Å². The van der Waals surface area contributed by atoms with E-state index in [0.717, 1.165) is 109 Å². The molecule has 4 amide bonds. The second kappa shape index (κ2) is 27.7. The van der Waals surface area contributed by atoms with Crippen LogP contribution in [0.1, 0.15) is 95.4 Å². The highest BCUT2D eigenvalue weighted by Crippen LogP contribution is 2.31. The predicted molar refractivity (Wildman–Crippen MR) is 285 cm³/mol. The smallest absolute Gasteiger partial charge is 0.246 e. The summed E-state index contributed by atoms with van der Waals surface area (Å²) in [6, 6.07) is 13.8. The van der Waals surface area contributed by atoms with E-state index in [1.807, 2.05) is 99.9 Å². The summed E-state index contributed by atoms with van der Waals surface area (Å²) in [7, 11) is 1.92. The number of rotatable bonds is 29. The highest BCUT2D eigenvalue weighted by molar-refractivity contribution is 7.13. The lowest BCUT2D eigenvalue weighted by Gasteiger charge is -2.35. The van der Waals surface area contributed by atoms with Gasteiger partial charge in [0.15, 0.2) is 0 Å². The highest BCUT2D eigenvalue weighted by atomic mass is 32.1. The molecule has 1 saturated heterocycles. The highest BCUT2D eigenvalue weighted by Gasteiger charge is 2.44. The number of nitrogens with zero attached hydrogens (tertiary/aromatic N) is 6. The van der Waals surface area contributed by atoms with Crippen LogP contribution in [-0.4, -0.2) is 151 Å². The zero-order valence-corrected chi connectivity index (χ0v) is 44.8. The minimum atomic E-state index is -0.938. The van der Waals surface area contributed by atoms with E-state index in [-0.39, 0.29) is 43.8 Å². The number of benzene rings is 2. The number of aliphatic hydroxyl groups is 1. The van der Waals surface area contributed by atoms with E-state index in [0.29, 0.717) is 52.0 Å². The number of β-amino-alcohol motifs (C(OH)–C–C–N with tert-alkyl or cyclic N) is 1. The Morgan fingerprint density at radius 3 is 2.27 bits per heavy atom. The van der Waals surface area contributed by atoms with Crippen LogP contribution in [0.15, 0.2) is 60.2 Å². The number of likely N-dealkylation sites (tertiary alicyclic amines) is 1. The fourth-order valence-electron chi connectivity index (χ4n) is 9.20. The van der Waals surface area contributed by atoms with Gasteiger partial charge in [0.1, 0.15) is 30.3 Å². The Balaban J connectivity index is 0.689. The third-order valence-electron chi connectivity index (χ3n) is 13.7. The first kappa shape index (κ1) is 56.0. The zero-order chi connectivity index (χ0) is 52.5. The topological polar surface area (TPSA) is 210 Å². The third-order valence-corrected chi connectivity index (χ3v) is 14.7. The molecule has 19 heteroatoms. The Morgan fingerprint density at radius 1 is 0.892 bits per heavy atom. The first-order chi connectivity index (χ1) is 35.7. The molecule has 1 saturated carbocycles. The van der Waals surface area contributed by atoms with Gasteiger partial charge in [-0.1, -0.05) is 51.5 Å². The number of hydrogen-bond donors (Lipinski definition) is 4. The number of nitrogens with one attached hydrogen (secondary N) is 3. The number of anilines is 3. The average molecular weight is 1040 g/mol. The Kier molecular flexibility index (Phi) is 21.0. The summed E-state index contributed by atoms with van der Waals surface area (Å²) in [6.07, 6.45) is 9.31. The van der Waals surface area contributed by atoms with E-state index in [1.54, 1.807) is 11.3 Å². The molecular formula is C55H77N9O9S.